The van der Waals surface area contributed by atoms with Crippen LogP contribution in [-0.4, -0.2) is 40.7 Å². The van der Waals surface area contributed by atoms with Gasteiger partial charge >= 0.3 is 0 Å². The van der Waals surface area contributed by atoms with Gasteiger partial charge in [-0.25, -0.2) is 13.1 Å². The van der Waals surface area contributed by atoms with Crippen molar-refractivity contribution in [1.82, 2.24) is 4.72 Å². The summed E-state index contributed by atoms with van der Waals surface area (Å²) in [6.45, 7) is 1.60. The first-order valence-corrected chi connectivity index (χ1v) is 10.4. The highest BCUT2D eigenvalue weighted by Crippen LogP contribution is 2.32. The molecule has 2 aromatic rings. The van der Waals surface area contributed by atoms with Crippen molar-refractivity contribution in [3.63, 3.8) is 0 Å². The molecule has 1 aliphatic rings. The van der Waals surface area contributed by atoms with Gasteiger partial charge < -0.3 is 20.5 Å². The molecule has 1 aliphatic heterocycles. The predicted molar refractivity (Wildman–Crippen MR) is 102 cm³/mol. The third kappa shape index (κ3) is 4.87. The number of benzene rings is 1. The average molecular weight is 396 g/mol. The number of anilines is 1. The van der Waals surface area contributed by atoms with Gasteiger partial charge in [0.05, 0.1) is 19.8 Å². The van der Waals surface area contributed by atoms with Crippen LogP contribution in [0.25, 0.3) is 0 Å². The molecule has 0 fully saturated rings. The summed E-state index contributed by atoms with van der Waals surface area (Å²) >= 11 is 1.16. The second-order valence-electron chi connectivity index (χ2n) is 5.43. The molecule has 0 aliphatic carbocycles. The van der Waals surface area contributed by atoms with Gasteiger partial charge in [-0.1, -0.05) is 6.07 Å². The van der Waals surface area contributed by atoms with Crippen molar-refractivity contribution < 1.29 is 17.9 Å². The van der Waals surface area contributed by atoms with Crippen LogP contribution in [0.4, 0.5) is 5.69 Å². The highest BCUT2D eigenvalue weighted by atomic mass is 32.2. The normalized spacial score (nSPS) is 14.7. The number of thiophene rings is 1. The van der Waals surface area contributed by atoms with Gasteiger partial charge in [0.15, 0.2) is 17.5 Å². The van der Waals surface area contributed by atoms with Gasteiger partial charge in [-0.05, 0) is 23.6 Å². The lowest BCUT2D eigenvalue weighted by Gasteiger charge is -2.10. The van der Waals surface area contributed by atoms with E-state index in [1.807, 2.05) is 12.1 Å². The Hall–Kier alpha value is -2.30. The first kappa shape index (κ1) is 18.5. The predicted octanol–water partition coefficient (Wildman–Crippen LogP) is 1.61. The standard InChI is InChI=1S/C16H20N4O4S2/c17-16(18-6-7-19-26(21,22)15-3-1-10-25-15)20-12-4-5-13-14(11-12)24-9-2-8-23-13/h1,3-5,10-11,19H,2,6-9H2,(H3,17,18,20). The number of nitrogens with two attached hydrogens (primary N) is 1. The maximum absolute atomic E-state index is 12.0. The van der Waals surface area contributed by atoms with E-state index in [1.165, 1.54) is 0 Å². The van der Waals surface area contributed by atoms with Crippen LogP contribution in [0.2, 0.25) is 0 Å². The van der Waals surface area contributed by atoms with E-state index in [1.54, 1.807) is 23.6 Å². The summed E-state index contributed by atoms with van der Waals surface area (Å²) in [5.74, 6) is 1.55. The first-order chi connectivity index (χ1) is 12.5. The monoisotopic (exact) mass is 396 g/mol. The van der Waals surface area contributed by atoms with E-state index in [0.29, 0.717) is 24.7 Å². The van der Waals surface area contributed by atoms with Gasteiger partial charge in [0.25, 0.3) is 0 Å². The minimum atomic E-state index is -3.48. The smallest absolute Gasteiger partial charge is 0.250 e. The van der Waals surface area contributed by atoms with Crippen LogP contribution in [-0.2, 0) is 10.0 Å². The Morgan fingerprint density at radius 1 is 1.23 bits per heavy atom. The second kappa shape index (κ2) is 8.39. The maximum Gasteiger partial charge on any atom is 0.250 e. The van der Waals surface area contributed by atoms with E-state index in [-0.39, 0.29) is 23.3 Å². The van der Waals surface area contributed by atoms with E-state index in [9.17, 15) is 8.42 Å². The van der Waals surface area contributed by atoms with Gasteiger partial charge in [-0.3, -0.25) is 4.99 Å². The zero-order chi connectivity index (χ0) is 18.4. The number of rotatable bonds is 6. The molecule has 1 aromatic heterocycles. The van der Waals surface area contributed by atoms with Crippen molar-refractivity contribution in [1.29, 1.82) is 0 Å². The van der Waals surface area contributed by atoms with Crippen molar-refractivity contribution >= 4 is 33.0 Å². The molecule has 140 valence electrons. The fraction of sp³-hybridized carbons (Fsp3) is 0.312. The fourth-order valence-corrected chi connectivity index (χ4v) is 4.33. The van der Waals surface area contributed by atoms with Gasteiger partial charge in [-0.2, -0.15) is 0 Å². The van der Waals surface area contributed by atoms with E-state index in [0.717, 1.165) is 23.4 Å². The largest absolute Gasteiger partial charge is 0.490 e. The maximum atomic E-state index is 12.0. The molecule has 4 N–H and O–H groups in total. The number of hydrogen-bond acceptors (Lipinski definition) is 6. The number of aliphatic imine (C=N–C) groups is 1. The van der Waals surface area contributed by atoms with Crippen LogP contribution in [0.15, 0.2) is 44.9 Å². The van der Waals surface area contributed by atoms with Gasteiger partial charge in [-0.15, -0.1) is 11.3 Å². The van der Waals surface area contributed by atoms with E-state index < -0.39 is 10.0 Å². The lowest BCUT2D eigenvalue weighted by molar-refractivity contribution is 0.297. The fourth-order valence-electron chi connectivity index (χ4n) is 2.27. The molecule has 26 heavy (non-hydrogen) atoms. The van der Waals surface area contributed by atoms with Crippen molar-refractivity contribution in [2.75, 3.05) is 31.6 Å². The van der Waals surface area contributed by atoms with E-state index in [4.69, 9.17) is 15.2 Å². The molecule has 0 saturated carbocycles. The van der Waals surface area contributed by atoms with Crippen molar-refractivity contribution in [3.05, 3.63) is 35.7 Å². The second-order valence-corrected chi connectivity index (χ2v) is 8.38. The summed E-state index contributed by atoms with van der Waals surface area (Å²) < 4.78 is 37.9. The lowest BCUT2D eigenvalue weighted by atomic mass is 10.3. The molecule has 1 aromatic carbocycles. The molecule has 0 bridgehead atoms. The molecule has 10 heteroatoms. The summed E-state index contributed by atoms with van der Waals surface area (Å²) in [6.07, 6.45) is 0.836. The van der Waals surface area contributed by atoms with Crippen LogP contribution in [0.1, 0.15) is 6.42 Å². The number of guanidine groups is 1. The Balaban J connectivity index is 1.52. The minimum absolute atomic E-state index is 0.157. The molecule has 3 rings (SSSR count). The molecule has 0 unspecified atom stereocenters. The van der Waals surface area contributed by atoms with Crippen LogP contribution >= 0.6 is 11.3 Å². The number of ether oxygens (including phenoxy) is 2. The highest BCUT2D eigenvalue weighted by Gasteiger charge is 2.14. The Kier molecular flexibility index (Phi) is 5.96. The quantitative estimate of drug-likeness (QED) is 0.388. The van der Waals surface area contributed by atoms with Crippen LogP contribution < -0.4 is 25.2 Å². The average Bonchev–Trinajstić information content (AvgIpc) is 3.06. The third-order valence-corrected chi connectivity index (χ3v) is 6.32. The molecule has 0 spiro atoms. The summed E-state index contributed by atoms with van der Waals surface area (Å²) in [6, 6.07) is 8.66. The molecule has 0 atom stereocenters. The Morgan fingerprint density at radius 3 is 2.81 bits per heavy atom. The summed E-state index contributed by atoms with van der Waals surface area (Å²) in [4.78, 5) is 4.12. The van der Waals surface area contributed by atoms with Crippen molar-refractivity contribution in [2.45, 2.75) is 10.6 Å². The summed E-state index contributed by atoms with van der Waals surface area (Å²) in [5, 5.41) is 4.67. The van der Waals surface area contributed by atoms with Crippen LogP contribution in [0, 0.1) is 0 Å². The van der Waals surface area contributed by atoms with Crippen molar-refractivity contribution in [2.24, 2.45) is 10.7 Å². The van der Waals surface area contributed by atoms with Gasteiger partial charge in [0.1, 0.15) is 4.21 Å². The zero-order valence-electron chi connectivity index (χ0n) is 14.0. The number of nitrogens with zero attached hydrogens (tertiary/aromatic N) is 1. The Morgan fingerprint density at radius 2 is 2.04 bits per heavy atom. The molecule has 0 radical (unpaired) electrons. The minimum Gasteiger partial charge on any atom is -0.490 e. The van der Waals surface area contributed by atoms with E-state index in [2.05, 4.69) is 15.0 Å². The SMILES string of the molecule is NC(=NCCNS(=O)(=O)c1cccs1)Nc1ccc2c(c1)OCCCO2. The molecule has 2 heterocycles. The topological polar surface area (TPSA) is 115 Å². The van der Waals surface area contributed by atoms with Gasteiger partial charge in [0, 0.05) is 24.7 Å². The molecule has 0 saturated heterocycles. The summed E-state index contributed by atoms with van der Waals surface area (Å²) in [5.41, 5.74) is 6.57. The van der Waals surface area contributed by atoms with E-state index >= 15 is 0 Å². The van der Waals surface area contributed by atoms with Gasteiger partial charge in [0.2, 0.25) is 10.0 Å². The first-order valence-electron chi connectivity index (χ1n) is 8.04. The zero-order valence-corrected chi connectivity index (χ0v) is 15.6. The molecular weight excluding hydrogens is 376 g/mol. The Bertz CT molecular complexity index is 866. The molecule has 0 amide bonds. The number of fused-ring (bicyclic) bond motifs is 1. The highest BCUT2D eigenvalue weighted by molar-refractivity contribution is 7.91. The Labute approximate surface area is 156 Å². The third-order valence-electron chi connectivity index (χ3n) is 3.47. The number of nitrogens with one attached hydrogen (secondary N) is 2. The molecule has 8 nitrogen and oxygen atoms in total. The summed E-state index contributed by atoms with van der Waals surface area (Å²) in [7, 11) is -3.48. The number of hydrogen-bond donors (Lipinski definition) is 3. The lowest BCUT2D eigenvalue weighted by Crippen LogP contribution is -2.28. The van der Waals surface area contributed by atoms with Crippen LogP contribution in [0.3, 0.4) is 0 Å². The number of sulfonamides is 1. The van der Waals surface area contributed by atoms with Crippen LogP contribution in [0.5, 0.6) is 11.5 Å². The van der Waals surface area contributed by atoms with Crippen molar-refractivity contribution in [3.8, 4) is 11.5 Å². The molecular formula is C16H20N4O4S2.